The first-order chi connectivity index (χ1) is 8.54. The highest BCUT2D eigenvalue weighted by molar-refractivity contribution is 6.35. The highest BCUT2D eigenvalue weighted by Crippen LogP contribution is 2.27. The summed E-state index contributed by atoms with van der Waals surface area (Å²) in [6.45, 7) is 0.921. The van der Waals surface area contributed by atoms with Gasteiger partial charge in [0.15, 0.2) is 5.82 Å². The predicted octanol–water partition coefficient (Wildman–Crippen LogP) is 2.31. The van der Waals surface area contributed by atoms with Crippen LogP contribution in [-0.2, 0) is 9.53 Å². The van der Waals surface area contributed by atoms with E-state index in [1.165, 1.54) is 12.1 Å². The van der Waals surface area contributed by atoms with Crippen LogP contribution in [0.3, 0.4) is 0 Å². The number of carbonyl (C=O) groups is 1. The zero-order valence-electron chi connectivity index (χ0n) is 9.73. The summed E-state index contributed by atoms with van der Waals surface area (Å²) in [6.07, 6.45) is 0. The summed E-state index contributed by atoms with van der Waals surface area (Å²) < 4.78 is 17.9. The molecule has 0 bridgehead atoms. The molecule has 0 saturated carbocycles. The van der Waals surface area contributed by atoms with Crippen LogP contribution in [0, 0.1) is 5.82 Å². The fourth-order valence-corrected chi connectivity index (χ4v) is 1.68. The Labute approximate surface area is 114 Å². The fourth-order valence-electron chi connectivity index (χ4n) is 1.19. The topological polar surface area (TPSA) is 50.4 Å². The van der Waals surface area contributed by atoms with Crippen molar-refractivity contribution >= 4 is 34.8 Å². The van der Waals surface area contributed by atoms with Crippen LogP contribution in [0.25, 0.3) is 0 Å². The Bertz CT molecular complexity index is 406. The number of anilines is 1. The third kappa shape index (κ3) is 4.68. The number of nitrogens with one attached hydrogen (secondary N) is 2. The van der Waals surface area contributed by atoms with Gasteiger partial charge in [0.25, 0.3) is 0 Å². The first kappa shape index (κ1) is 15.0. The first-order valence-electron chi connectivity index (χ1n) is 5.18. The third-order valence-corrected chi connectivity index (χ3v) is 2.62. The lowest BCUT2D eigenvalue weighted by molar-refractivity contribution is -0.119. The normalized spacial score (nSPS) is 10.2. The summed E-state index contributed by atoms with van der Waals surface area (Å²) in [7, 11) is 1.55. The van der Waals surface area contributed by atoms with Crippen molar-refractivity contribution in [3.8, 4) is 0 Å². The fraction of sp³-hybridized carbons (Fsp3) is 0.364. The molecule has 0 radical (unpaired) electrons. The number of halogens is 3. The number of carbonyl (C=O) groups excluding carboxylic acids is 1. The van der Waals surface area contributed by atoms with Gasteiger partial charge in [-0.25, -0.2) is 4.39 Å². The van der Waals surface area contributed by atoms with Crippen LogP contribution >= 0.6 is 23.2 Å². The van der Waals surface area contributed by atoms with Gasteiger partial charge < -0.3 is 15.4 Å². The molecule has 2 N–H and O–H groups in total. The van der Waals surface area contributed by atoms with Crippen LogP contribution in [0.5, 0.6) is 0 Å². The van der Waals surface area contributed by atoms with Crippen molar-refractivity contribution in [1.29, 1.82) is 0 Å². The quantitative estimate of drug-likeness (QED) is 0.625. The molecular formula is C11H13Cl2FN2O2. The molecule has 7 heteroatoms. The maximum atomic E-state index is 13.1. The van der Waals surface area contributed by atoms with E-state index in [0.29, 0.717) is 18.8 Å². The number of benzene rings is 1. The molecule has 0 spiro atoms. The standard InChI is InChI=1S/C11H13Cl2FN2O2/c1-18-3-2-15-10(17)6-16-7-4-8(12)11(14)9(13)5-7/h4-5,16H,2-3,6H2,1H3,(H,15,17). The molecular weight excluding hydrogens is 282 g/mol. The second-order valence-corrected chi connectivity index (χ2v) is 4.26. The molecule has 0 aliphatic carbocycles. The van der Waals surface area contributed by atoms with Crippen molar-refractivity contribution in [3.05, 3.63) is 28.0 Å². The second kappa shape index (κ2) is 7.41. The zero-order valence-corrected chi connectivity index (χ0v) is 11.2. The molecule has 1 amide bonds. The van der Waals surface area contributed by atoms with Crippen LogP contribution in [0.4, 0.5) is 10.1 Å². The van der Waals surface area contributed by atoms with E-state index in [0.717, 1.165) is 0 Å². The Morgan fingerprint density at radius 1 is 1.39 bits per heavy atom. The lowest BCUT2D eigenvalue weighted by Gasteiger charge is -2.08. The van der Waals surface area contributed by atoms with Crippen LogP contribution < -0.4 is 10.6 Å². The van der Waals surface area contributed by atoms with E-state index in [1.807, 2.05) is 0 Å². The van der Waals surface area contributed by atoms with Crippen LogP contribution in [-0.4, -0.2) is 32.7 Å². The summed E-state index contributed by atoms with van der Waals surface area (Å²) in [5.41, 5.74) is 0.480. The second-order valence-electron chi connectivity index (χ2n) is 3.45. The predicted molar refractivity (Wildman–Crippen MR) is 69.8 cm³/mol. The molecule has 0 aliphatic heterocycles. The number of rotatable bonds is 6. The van der Waals surface area contributed by atoms with E-state index in [4.69, 9.17) is 27.9 Å². The molecule has 0 aliphatic rings. The van der Waals surface area contributed by atoms with Gasteiger partial charge in [0.1, 0.15) is 0 Å². The van der Waals surface area contributed by atoms with E-state index in [2.05, 4.69) is 10.6 Å². The van der Waals surface area contributed by atoms with E-state index >= 15 is 0 Å². The van der Waals surface area contributed by atoms with Gasteiger partial charge in [-0.15, -0.1) is 0 Å². The van der Waals surface area contributed by atoms with Crippen molar-refractivity contribution in [2.24, 2.45) is 0 Å². The molecule has 0 saturated heterocycles. The van der Waals surface area contributed by atoms with Crippen molar-refractivity contribution in [2.45, 2.75) is 0 Å². The highest BCUT2D eigenvalue weighted by atomic mass is 35.5. The third-order valence-electron chi connectivity index (χ3n) is 2.07. The molecule has 0 atom stereocenters. The number of hydrogen-bond donors (Lipinski definition) is 2. The summed E-state index contributed by atoms with van der Waals surface area (Å²) >= 11 is 11.2. The van der Waals surface area contributed by atoms with Gasteiger partial charge in [0.05, 0.1) is 23.2 Å². The van der Waals surface area contributed by atoms with Gasteiger partial charge in [-0.3, -0.25) is 4.79 Å². The van der Waals surface area contributed by atoms with E-state index in [1.54, 1.807) is 7.11 Å². The Morgan fingerprint density at radius 2 is 2.00 bits per heavy atom. The van der Waals surface area contributed by atoms with Gasteiger partial charge in [-0.05, 0) is 12.1 Å². The molecule has 1 aromatic carbocycles. The summed E-state index contributed by atoms with van der Waals surface area (Å²) in [4.78, 5) is 11.4. The smallest absolute Gasteiger partial charge is 0.239 e. The summed E-state index contributed by atoms with van der Waals surface area (Å²) in [5, 5.41) is 5.23. The van der Waals surface area contributed by atoms with Crippen LogP contribution in [0.15, 0.2) is 12.1 Å². The van der Waals surface area contributed by atoms with Crippen molar-refractivity contribution < 1.29 is 13.9 Å². The average molecular weight is 295 g/mol. The van der Waals surface area contributed by atoms with Crippen molar-refractivity contribution in [3.63, 3.8) is 0 Å². The molecule has 18 heavy (non-hydrogen) atoms. The van der Waals surface area contributed by atoms with Crippen molar-refractivity contribution in [2.75, 3.05) is 32.1 Å². The SMILES string of the molecule is COCCNC(=O)CNc1cc(Cl)c(F)c(Cl)c1. The van der Waals surface area contributed by atoms with Gasteiger partial charge in [-0.2, -0.15) is 0 Å². The summed E-state index contributed by atoms with van der Waals surface area (Å²) in [6, 6.07) is 2.73. The zero-order chi connectivity index (χ0) is 13.5. The minimum atomic E-state index is -0.673. The van der Waals surface area contributed by atoms with Crippen molar-refractivity contribution in [1.82, 2.24) is 5.32 Å². The molecule has 100 valence electrons. The van der Waals surface area contributed by atoms with Gasteiger partial charge in [-0.1, -0.05) is 23.2 Å². The Morgan fingerprint density at radius 3 is 2.56 bits per heavy atom. The first-order valence-corrected chi connectivity index (χ1v) is 5.94. The molecule has 1 rings (SSSR count). The molecule has 0 heterocycles. The number of ether oxygens (including phenoxy) is 1. The van der Waals surface area contributed by atoms with Crippen LogP contribution in [0.1, 0.15) is 0 Å². The van der Waals surface area contributed by atoms with Crippen LogP contribution in [0.2, 0.25) is 10.0 Å². The number of hydrogen-bond acceptors (Lipinski definition) is 3. The number of amides is 1. The largest absolute Gasteiger partial charge is 0.383 e. The lowest BCUT2D eigenvalue weighted by Crippen LogP contribution is -2.32. The molecule has 0 fully saturated rings. The Hall–Kier alpha value is -1.04. The maximum absolute atomic E-state index is 13.1. The molecule has 4 nitrogen and oxygen atoms in total. The van der Waals surface area contributed by atoms with E-state index in [9.17, 15) is 9.18 Å². The number of methoxy groups -OCH3 is 1. The van der Waals surface area contributed by atoms with E-state index < -0.39 is 5.82 Å². The highest BCUT2D eigenvalue weighted by Gasteiger charge is 2.08. The van der Waals surface area contributed by atoms with Gasteiger partial charge >= 0.3 is 0 Å². The average Bonchev–Trinajstić information content (AvgIpc) is 2.33. The van der Waals surface area contributed by atoms with E-state index in [-0.39, 0.29) is 22.5 Å². The monoisotopic (exact) mass is 294 g/mol. The Kier molecular flexibility index (Phi) is 6.18. The Balaban J connectivity index is 2.46. The van der Waals surface area contributed by atoms with Gasteiger partial charge in [0, 0.05) is 19.3 Å². The minimum Gasteiger partial charge on any atom is -0.383 e. The molecule has 0 aromatic heterocycles. The molecule has 1 aromatic rings. The lowest BCUT2D eigenvalue weighted by atomic mass is 10.3. The minimum absolute atomic E-state index is 0.0437. The van der Waals surface area contributed by atoms with Gasteiger partial charge in [0.2, 0.25) is 5.91 Å². The maximum Gasteiger partial charge on any atom is 0.239 e. The molecule has 0 unspecified atom stereocenters. The summed E-state index contributed by atoms with van der Waals surface area (Å²) in [5.74, 6) is -0.878.